The van der Waals surface area contributed by atoms with E-state index in [0.717, 1.165) is 16.5 Å². The van der Waals surface area contributed by atoms with Crippen molar-refractivity contribution in [3.8, 4) is 0 Å². The second kappa shape index (κ2) is 7.76. The molecule has 1 aliphatic rings. The number of aliphatic hydroxyl groups is 1. The Labute approximate surface area is 174 Å². The second-order valence-corrected chi connectivity index (χ2v) is 7.75. The normalized spacial score (nSPS) is 18.7. The van der Waals surface area contributed by atoms with Gasteiger partial charge in [0, 0.05) is 55.2 Å². The molecule has 7 nitrogen and oxygen atoms in total. The van der Waals surface area contributed by atoms with E-state index in [9.17, 15) is 14.7 Å². The Morgan fingerprint density at radius 1 is 1.13 bits per heavy atom. The van der Waals surface area contributed by atoms with Gasteiger partial charge in [0.25, 0.3) is 11.7 Å². The third kappa shape index (κ3) is 3.27. The number of aryl methyl sites for hydroxylation is 1. The van der Waals surface area contributed by atoms with Gasteiger partial charge >= 0.3 is 0 Å². The van der Waals surface area contributed by atoms with Crippen LogP contribution in [-0.4, -0.2) is 63.3 Å². The third-order valence-electron chi connectivity index (χ3n) is 5.50. The summed E-state index contributed by atoms with van der Waals surface area (Å²) in [6, 6.07) is 10.5. The number of pyridine rings is 1. The lowest BCUT2D eigenvalue weighted by atomic mass is 9.96. The molecule has 3 aromatic rings. The number of carbonyl (C=O) groups excluding carboxylic acids is 2. The first-order valence-electron chi connectivity index (χ1n) is 9.77. The minimum atomic E-state index is -0.666. The average molecular weight is 404 g/mol. The highest BCUT2D eigenvalue weighted by Crippen LogP contribution is 2.40. The number of likely N-dealkylation sites (tertiary alicyclic amines) is 1. The van der Waals surface area contributed by atoms with Crippen molar-refractivity contribution < 1.29 is 14.7 Å². The molecular weight excluding hydrogens is 380 g/mol. The summed E-state index contributed by atoms with van der Waals surface area (Å²) in [6.45, 7) is 0.972. The molecule has 3 heterocycles. The summed E-state index contributed by atoms with van der Waals surface area (Å²) < 4.78 is 1.90. The first-order valence-corrected chi connectivity index (χ1v) is 9.77. The molecular formula is C23H24N4O3. The van der Waals surface area contributed by atoms with E-state index in [2.05, 4.69) is 4.98 Å². The van der Waals surface area contributed by atoms with Crippen LogP contribution in [0, 0.1) is 0 Å². The predicted octanol–water partition coefficient (Wildman–Crippen LogP) is 2.56. The van der Waals surface area contributed by atoms with Crippen molar-refractivity contribution in [2.45, 2.75) is 6.04 Å². The molecule has 0 aliphatic carbocycles. The molecule has 2 aromatic heterocycles. The molecule has 0 spiro atoms. The number of hydrogen-bond acceptors (Lipinski definition) is 5. The van der Waals surface area contributed by atoms with Gasteiger partial charge in [-0.1, -0.05) is 18.2 Å². The van der Waals surface area contributed by atoms with Gasteiger partial charge in [-0.2, -0.15) is 0 Å². The Morgan fingerprint density at radius 2 is 1.83 bits per heavy atom. The highest BCUT2D eigenvalue weighted by molar-refractivity contribution is 6.46. The van der Waals surface area contributed by atoms with Crippen molar-refractivity contribution in [1.82, 2.24) is 19.4 Å². The molecule has 1 fully saturated rings. The SMILES string of the molecule is CN(C)CCN1C(=O)C(=O)/C(=C(/O)c2cn(C)c3ccccc23)C1c1ccncc1. The summed E-state index contributed by atoms with van der Waals surface area (Å²) in [7, 11) is 5.71. The van der Waals surface area contributed by atoms with Gasteiger partial charge in [0.05, 0.1) is 11.6 Å². The zero-order chi connectivity index (χ0) is 21.4. The first-order chi connectivity index (χ1) is 14.4. The van der Waals surface area contributed by atoms with Crippen LogP contribution in [0.25, 0.3) is 16.7 Å². The third-order valence-corrected chi connectivity index (χ3v) is 5.50. The maximum Gasteiger partial charge on any atom is 0.295 e. The van der Waals surface area contributed by atoms with Gasteiger partial charge in [0.2, 0.25) is 0 Å². The molecule has 1 saturated heterocycles. The van der Waals surface area contributed by atoms with Crippen molar-refractivity contribution in [3.05, 3.63) is 71.7 Å². The zero-order valence-electron chi connectivity index (χ0n) is 17.2. The largest absolute Gasteiger partial charge is 0.507 e. The maximum atomic E-state index is 13.1. The molecule has 154 valence electrons. The van der Waals surface area contributed by atoms with Gasteiger partial charge in [-0.15, -0.1) is 0 Å². The lowest BCUT2D eigenvalue weighted by Gasteiger charge is -2.26. The number of aromatic nitrogens is 2. The van der Waals surface area contributed by atoms with Crippen molar-refractivity contribution >= 4 is 28.4 Å². The van der Waals surface area contributed by atoms with E-state index in [1.54, 1.807) is 30.7 Å². The topological polar surface area (TPSA) is 78.7 Å². The number of rotatable bonds is 5. The molecule has 1 unspecified atom stereocenters. The van der Waals surface area contributed by atoms with E-state index < -0.39 is 17.7 Å². The van der Waals surface area contributed by atoms with Crippen LogP contribution in [0.5, 0.6) is 0 Å². The van der Waals surface area contributed by atoms with Crippen molar-refractivity contribution in [3.63, 3.8) is 0 Å². The Kier molecular flexibility index (Phi) is 5.13. The van der Waals surface area contributed by atoms with Gasteiger partial charge in [0.15, 0.2) is 0 Å². The lowest BCUT2D eigenvalue weighted by molar-refractivity contribution is -0.140. The number of para-hydroxylation sites is 1. The van der Waals surface area contributed by atoms with Crippen LogP contribution >= 0.6 is 0 Å². The summed E-state index contributed by atoms with van der Waals surface area (Å²) in [6.07, 6.45) is 5.04. The average Bonchev–Trinajstić information content (AvgIpc) is 3.21. The van der Waals surface area contributed by atoms with Crippen LogP contribution in [0.15, 0.2) is 60.6 Å². The van der Waals surface area contributed by atoms with Crippen molar-refractivity contribution in [1.29, 1.82) is 0 Å². The van der Waals surface area contributed by atoms with E-state index in [-0.39, 0.29) is 11.3 Å². The Balaban J connectivity index is 1.91. The molecule has 1 N–H and O–H groups in total. The zero-order valence-corrected chi connectivity index (χ0v) is 17.2. The maximum absolute atomic E-state index is 13.1. The number of ketones is 1. The standard InChI is InChI=1S/C23H24N4O3/c1-25(2)12-13-27-20(15-8-10-24-11-9-15)19(22(29)23(27)30)21(28)17-14-26(3)18-7-5-4-6-16(17)18/h4-11,14,20,28H,12-13H2,1-3H3/b21-19+. The number of amides is 1. The molecule has 1 aromatic carbocycles. The summed E-state index contributed by atoms with van der Waals surface area (Å²) in [5.41, 5.74) is 2.32. The van der Waals surface area contributed by atoms with E-state index in [1.165, 1.54) is 4.90 Å². The number of fused-ring (bicyclic) bond motifs is 1. The fraction of sp³-hybridized carbons (Fsp3) is 0.261. The van der Waals surface area contributed by atoms with Crippen molar-refractivity contribution in [2.24, 2.45) is 7.05 Å². The minimum Gasteiger partial charge on any atom is -0.507 e. The molecule has 1 atom stereocenters. The summed E-state index contributed by atoms with van der Waals surface area (Å²) in [4.78, 5) is 33.5. The van der Waals surface area contributed by atoms with Crippen molar-refractivity contribution in [2.75, 3.05) is 27.2 Å². The number of benzene rings is 1. The first kappa shape index (κ1) is 19.8. The van der Waals surface area contributed by atoms with Gasteiger partial charge in [-0.25, -0.2) is 0 Å². The van der Waals surface area contributed by atoms with Crippen LogP contribution in [0.1, 0.15) is 17.2 Å². The van der Waals surface area contributed by atoms with E-state index in [4.69, 9.17) is 0 Å². The Bertz CT molecular complexity index is 1150. The monoisotopic (exact) mass is 404 g/mol. The van der Waals surface area contributed by atoms with Gasteiger partial charge < -0.3 is 19.5 Å². The summed E-state index contributed by atoms with van der Waals surface area (Å²) in [5, 5.41) is 12.1. The van der Waals surface area contributed by atoms with Gasteiger partial charge in [-0.3, -0.25) is 14.6 Å². The predicted molar refractivity (Wildman–Crippen MR) is 115 cm³/mol. The molecule has 7 heteroatoms. The number of hydrogen-bond donors (Lipinski definition) is 1. The lowest BCUT2D eigenvalue weighted by Crippen LogP contribution is -2.35. The number of likely N-dealkylation sites (N-methyl/N-ethyl adjacent to an activating group) is 1. The molecule has 0 bridgehead atoms. The van der Waals surface area contributed by atoms with Crippen LogP contribution in [0.2, 0.25) is 0 Å². The molecule has 1 aliphatic heterocycles. The molecule has 1 amide bonds. The van der Waals surface area contributed by atoms with Crippen LogP contribution < -0.4 is 0 Å². The Hall–Kier alpha value is -3.45. The molecule has 30 heavy (non-hydrogen) atoms. The number of aliphatic hydroxyl groups excluding tert-OH is 1. The van der Waals surface area contributed by atoms with E-state index in [0.29, 0.717) is 18.7 Å². The Morgan fingerprint density at radius 3 is 2.53 bits per heavy atom. The summed E-state index contributed by atoms with van der Waals surface area (Å²) >= 11 is 0. The minimum absolute atomic E-state index is 0.112. The fourth-order valence-corrected chi connectivity index (χ4v) is 3.99. The summed E-state index contributed by atoms with van der Waals surface area (Å²) in [5.74, 6) is -1.42. The quantitative estimate of drug-likeness (QED) is 0.402. The molecule has 0 radical (unpaired) electrons. The van der Waals surface area contributed by atoms with Crippen LogP contribution in [0.4, 0.5) is 0 Å². The highest BCUT2D eigenvalue weighted by Gasteiger charge is 2.46. The molecule has 0 saturated carbocycles. The van der Waals surface area contributed by atoms with E-state index in [1.807, 2.05) is 54.9 Å². The number of carbonyl (C=O) groups is 2. The van der Waals surface area contributed by atoms with Gasteiger partial charge in [-0.05, 0) is 37.9 Å². The number of nitrogens with zero attached hydrogens (tertiary/aromatic N) is 4. The smallest absolute Gasteiger partial charge is 0.295 e. The van der Waals surface area contributed by atoms with Crippen LogP contribution in [0.3, 0.4) is 0 Å². The highest BCUT2D eigenvalue weighted by atomic mass is 16.3. The fourth-order valence-electron chi connectivity index (χ4n) is 3.99. The van der Waals surface area contributed by atoms with Crippen LogP contribution in [-0.2, 0) is 16.6 Å². The number of Topliss-reactive ketones (excluding diaryl/α,β-unsaturated/α-hetero) is 1. The molecule has 4 rings (SSSR count). The van der Waals surface area contributed by atoms with Gasteiger partial charge in [0.1, 0.15) is 5.76 Å². The second-order valence-electron chi connectivity index (χ2n) is 7.75. The van der Waals surface area contributed by atoms with E-state index >= 15 is 0 Å².